The number of benzene rings is 1. The predicted molar refractivity (Wildman–Crippen MR) is 86.6 cm³/mol. The number of anilines is 1. The van der Waals surface area contributed by atoms with E-state index in [1.165, 1.54) is 11.3 Å². The van der Waals surface area contributed by atoms with E-state index in [1.807, 2.05) is 23.6 Å². The normalized spacial score (nSPS) is 13.9. The van der Waals surface area contributed by atoms with Crippen molar-refractivity contribution in [2.45, 2.75) is 13.0 Å². The summed E-state index contributed by atoms with van der Waals surface area (Å²) in [6, 6.07) is 5.62. The number of ether oxygens (including phenoxy) is 1. The molecule has 1 aliphatic heterocycles. The number of aromatic nitrogens is 1. The molecule has 116 valence electrons. The number of hydrogen-bond donors (Lipinski definition) is 1. The summed E-state index contributed by atoms with van der Waals surface area (Å²) < 4.78 is 7.15. The lowest BCUT2D eigenvalue weighted by Gasteiger charge is -2.26. The fraction of sp³-hybridized carbons (Fsp3) is 0.333. The van der Waals surface area contributed by atoms with Crippen LogP contribution >= 0.6 is 11.3 Å². The van der Waals surface area contributed by atoms with Gasteiger partial charge in [0.05, 0.1) is 11.4 Å². The zero-order chi connectivity index (χ0) is 15.7. The quantitative estimate of drug-likeness (QED) is 0.921. The van der Waals surface area contributed by atoms with Crippen LogP contribution in [0.25, 0.3) is 11.3 Å². The number of nitrogens with two attached hydrogens (primary N) is 1. The van der Waals surface area contributed by atoms with Gasteiger partial charge in [-0.05, 0) is 31.2 Å². The van der Waals surface area contributed by atoms with Gasteiger partial charge < -0.3 is 15.4 Å². The first-order valence-electron chi connectivity index (χ1n) is 7.04. The summed E-state index contributed by atoms with van der Waals surface area (Å²) in [5.41, 5.74) is 7.99. The van der Waals surface area contributed by atoms with Crippen molar-refractivity contribution < 1.29 is 9.53 Å². The van der Waals surface area contributed by atoms with E-state index in [9.17, 15) is 9.59 Å². The van der Waals surface area contributed by atoms with Gasteiger partial charge in [0.25, 0.3) is 5.91 Å². The van der Waals surface area contributed by atoms with E-state index >= 15 is 0 Å². The Labute approximate surface area is 131 Å². The predicted octanol–water partition coefficient (Wildman–Crippen LogP) is 1.28. The van der Waals surface area contributed by atoms with E-state index < -0.39 is 0 Å². The molecule has 0 atom stereocenters. The maximum absolute atomic E-state index is 12.0. The van der Waals surface area contributed by atoms with Crippen molar-refractivity contribution in [2.75, 3.05) is 25.1 Å². The molecule has 3 rings (SSSR count). The highest BCUT2D eigenvalue weighted by molar-refractivity contribution is 7.07. The molecule has 2 heterocycles. The zero-order valence-corrected chi connectivity index (χ0v) is 13.1. The van der Waals surface area contributed by atoms with Crippen LogP contribution in [0.5, 0.6) is 5.75 Å². The van der Waals surface area contributed by atoms with Gasteiger partial charge in [0.2, 0.25) is 0 Å². The Bertz CT molecular complexity index is 766. The SMILES string of the molecule is CN1C(=O)COc2ccc(-c3csc(=O)n3CCCN)cc21. The first-order chi connectivity index (χ1) is 10.6. The minimum atomic E-state index is -0.0875. The van der Waals surface area contributed by atoms with Gasteiger partial charge in [-0.25, -0.2) is 0 Å². The first kappa shape index (κ1) is 14.8. The Morgan fingerprint density at radius 2 is 2.18 bits per heavy atom. The number of fused-ring (bicyclic) bond motifs is 1. The molecular weight excluding hydrogens is 302 g/mol. The van der Waals surface area contributed by atoms with Crippen LogP contribution in [-0.2, 0) is 11.3 Å². The van der Waals surface area contributed by atoms with Crippen LogP contribution in [0.4, 0.5) is 5.69 Å². The average Bonchev–Trinajstić information content (AvgIpc) is 2.89. The summed E-state index contributed by atoms with van der Waals surface area (Å²) in [5, 5.41) is 1.84. The number of likely N-dealkylation sites (N-methyl/N-ethyl adjacent to an activating group) is 1. The Balaban J connectivity index is 2.03. The third-order valence-corrected chi connectivity index (χ3v) is 4.47. The van der Waals surface area contributed by atoms with Crippen molar-refractivity contribution in [1.82, 2.24) is 4.57 Å². The topological polar surface area (TPSA) is 77.6 Å². The van der Waals surface area contributed by atoms with Crippen LogP contribution in [0.2, 0.25) is 0 Å². The van der Waals surface area contributed by atoms with Crippen LogP contribution in [0.3, 0.4) is 0 Å². The molecule has 1 aromatic heterocycles. The minimum absolute atomic E-state index is 0.00171. The minimum Gasteiger partial charge on any atom is -0.482 e. The molecule has 2 aromatic rings. The van der Waals surface area contributed by atoms with E-state index in [2.05, 4.69) is 0 Å². The maximum atomic E-state index is 12.0. The van der Waals surface area contributed by atoms with Gasteiger partial charge >= 0.3 is 4.87 Å². The number of hydrogen-bond acceptors (Lipinski definition) is 5. The van der Waals surface area contributed by atoms with Gasteiger partial charge in [-0.3, -0.25) is 14.2 Å². The molecule has 1 amide bonds. The largest absolute Gasteiger partial charge is 0.482 e. The lowest BCUT2D eigenvalue weighted by atomic mass is 10.1. The average molecular weight is 319 g/mol. The highest BCUT2D eigenvalue weighted by atomic mass is 32.1. The lowest BCUT2D eigenvalue weighted by molar-refractivity contribution is -0.120. The summed E-state index contributed by atoms with van der Waals surface area (Å²) in [7, 11) is 1.72. The molecule has 0 saturated carbocycles. The summed E-state index contributed by atoms with van der Waals surface area (Å²) >= 11 is 1.17. The van der Waals surface area contributed by atoms with Gasteiger partial charge in [0.1, 0.15) is 5.75 Å². The second-order valence-electron chi connectivity index (χ2n) is 5.10. The molecule has 0 saturated heterocycles. The number of nitrogens with zero attached hydrogens (tertiary/aromatic N) is 2. The van der Waals surface area contributed by atoms with Crippen LogP contribution < -0.4 is 20.2 Å². The molecule has 0 unspecified atom stereocenters. The number of thiazole rings is 1. The molecule has 2 N–H and O–H groups in total. The summed E-state index contributed by atoms with van der Waals surface area (Å²) in [4.78, 5) is 25.3. The lowest BCUT2D eigenvalue weighted by Crippen LogP contribution is -2.35. The maximum Gasteiger partial charge on any atom is 0.307 e. The molecule has 0 aliphatic carbocycles. The monoisotopic (exact) mass is 319 g/mol. The van der Waals surface area contributed by atoms with Crippen molar-refractivity contribution in [3.8, 4) is 17.0 Å². The Kier molecular flexibility index (Phi) is 4.00. The van der Waals surface area contributed by atoms with E-state index in [-0.39, 0.29) is 17.4 Å². The standard InChI is InChI=1S/C15H17N3O3S/c1-17-11-7-10(3-4-13(11)21-8-14(17)19)12-9-22-15(20)18(12)6-2-5-16/h3-4,7,9H,2,5-6,8,16H2,1H3. The highest BCUT2D eigenvalue weighted by Gasteiger charge is 2.23. The van der Waals surface area contributed by atoms with Crippen LogP contribution in [-0.4, -0.2) is 30.7 Å². The highest BCUT2D eigenvalue weighted by Crippen LogP contribution is 2.35. The van der Waals surface area contributed by atoms with Crippen molar-refractivity contribution in [3.05, 3.63) is 33.2 Å². The van der Waals surface area contributed by atoms with E-state index in [0.717, 1.165) is 23.4 Å². The van der Waals surface area contributed by atoms with Crippen molar-refractivity contribution in [1.29, 1.82) is 0 Å². The number of amides is 1. The second kappa shape index (κ2) is 5.94. The molecule has 22 heavy (non-hydrogen) atoms. The third-order valence-electron chi connectivity index (χ3n) is 3.71. The van der Waals surface area contributed by atoms with Gasteiger partial charge in [-0.15, -0.1) is 0 Å². The van der Waals surface area contributed by atoms with E-state index in [1.54, 1.807) is 16.5 Å². The Morgan fingerprint density at radius 3 is 2.95 bits per heavy atom. The molecule has 0 fully saturated rings. The fourth-order valence-corrected chi connectivity index (χ4v) is 3.24. The van der Waals surface area contributed by atoms with Gasteiger partial charge in [-0.2, -0.15) is 0 Å². The summed E-state index contributed by atoms with van der Waals surface area (Å²) in [6.07, 6.45) is 0.746. The van der Waals surface area contributed by atoms with Crippen molar-refractivity contribution >= 4 is 22.9 Å². The molecule has 0 spiro atoms. The van der Waals surface area contributed by atoms with Crippen molar-refractivity contribution in [2.24, 2.45) is 5.73 Å². The molecule has 0 radical (unpaired) electrons. The molecule has 7 heteroatoms. The number of rotatable bonds is 4. The van der Waals surface area contributed by atoms with Gasteiger partial charge in [0, 0.05) is 24.5 Å². The molecule has 0 bridgehead atoms. The molecule has 6 nitrogen and oxygen atoms in total. The van der Waals surface area contributed by atoms with E-state index in [0.29, 0.717) is 18.8 Å². The van der Waals surface area contributed by atoms with Crippen LogP contribution in [0, 0.1) is 0 Å². The zero-order valence-electron chi connectivity index (χ0n) is 12.2. The van der Waals surface area contributed by atoms with Gasteiger partial charge in [-0.1, -0.05) is 11.3 Å². The van der Waals surface area contributed by atoms with Crippen LogP contribution in [0.15, 0.2) is 28.4 Å². The first-order valence-corrected chi connectivity index (χ1v) is 7.92. The second-order valence-corrected chi connectivity index (χ2v) is 5.93. The number of carbonyl (C=O) groups excluding carboxylic acids is 1. The smallest absolute Gasteiger partial charge is 0.307 e. The van der Waals surface area contributed by atoms with Gasteiger partial charge in [0.15, 0.2) is 6.61 Å². The molecule has 1 aromatic carbocycles. The Morgan fingerprint density at radius 1 is 1.36 bits per heavy atom. The van der Waals surface area contributed by atoms with E-state index in [4.69, 9.17) is 10.5 Å². The molecule has 1 aliphatic rings. The van der Waals surface area contributed by atoms with Crippen molar-refractivity contribution in [3.63, 3.8) is 0 Å². The Hall–Kier alpha value is -2.12. The summed E-state index contributed by atoms with van der Waals surface area (Å²) in [5.74, 6) is 0.590. The summed E-state index contributed by atoms with van der Waals surface area (Å²) in [6.45, 7) is 1.19. The third kappa shape index (κ3) is 2.53. The molecular formula is C15H17N3O3S. The fourth-order valence-electron chi connectivity index (χ4n) is 2.45. The van der Waals surface area contributed by atoms with Crippen LogP contribution in [0.1, 0.15) is 6.42 Å². The number of carbonyl (C=O) groups is 1.